The number of amides is 2. The number of benzene rings is 1. The largest absolute Gasteiger partial charge is 0.358 e. The van der Waals surface area contributed by atoms with Crippen LogP contribution < -0.4 is 10.6 Å². The van der Waals surface area contributed by atoms with Gasteiger partial charge in [0.25, 0.3) is 11.8 Å². The van der Waals surface area contributed by atoms with Crippen molar-refractivity contribution in [2.75, 3.05) is 31.5 Å². The standard InChI is InChI=1S/C22H27IN4O2/c1-5-27(6-2)10-9-24-22(29)20-13(3)18(25-14(20)4)12-17-16-8-7-15(23)11-19(16)26-21(17)28/h7-8,11-12,25H,5-6,9-10H2,1-4H3,(H,24,29)(H,26,28)/b17-12-. The fourth-order valence-electron chi connectivity index (χ4n) is 3.67. The number of likely N-dealkylation sites (N-methyl/N-ethyl adjacent to an activating group) is 1. The molecule has 0 saturated heterocycles. The molecule has 0 fully saturated rings. The van der Waals surface area contributed by atoms with Crippen LogP contribution in [0.25, 0.3) is 11.6 Å². The fourth-order valence-corrected chi connectivity index (χ4v) is 4.16. The van der Waals surface area contributed by atoms with Crippen LogP contribution in [0.3, 0.4) is 0 Å². The number of nitrogens with zero attached hydrogens (tertiary/aromatic N) is 1. The zero-order valence-corrected chi connectivity index (χ0v) is 19.4. The summed E-state index contributed by atoms with van der Waals surface area (Å²) in [6.07, 6.45) is 1.84. The predicted molar refractivity (Wildman–Crippen MR) is 126 cm³/mol. The molecular weight excluding hydrogens is 479 g/mol. The number of anilines is 1. The van der Waals surface area contributed by atoms with Crippen LogP contribution in [0.15, 0.2) is 18.2 Å². The number of hydrogen-bond donors (Lipinski definition) is 3. The third-order valence-electron chi connectivity index (χ3n) is 5.36. The minimum absolute atomic E-state index is 0.0844. The SMILES string of the molecule is CCN(CC)CCNC(=O)c1c(C)[nH]c(/C=C2\C(=O)Nc3cc(I)ccc32)c1C. The normalized spacial score (nSPS) is 14.4. The van der Waals surface area contributed by atoms with E-state index >= 15 is 0 Å². The number of aryl methyl sites for hydroxylation is 1. The van der Waals surface area contributed by atoms with Gasteiger partial charge < -0.3 is 20.5 Å². The van der Waals surface area contributed by atoms with Crippen molar-refractivity contribution < 1.29 is 9.59 Å². The maximum Gasteiger partial charge on any atom is 0.256 e. The number of halogens is 1. The molecule has 6 nitrogen and oxygen atoms in total. The van der Waals surface area contributed by atoms with Crippen LogP contribution >= 0.6 is 22.6 Å². The summed E-state index contributed by atoms with van der Waals surface area (Å²) in [6.45, 7) is 11.4. The zero-order chi connectivity index (χ0) is 21.1. The van der Waals surface area contributed by atoms with Crippen molar-refractivity contribution in [2.24, 2.45) is 0 Å². The van der Waals surface area contributed by atoms with Crippen LogP contribution in [0.1, 0.15) is 46.7 Å². The molecule has 0 aliphatic carbocycles. The third-order valence-corrected chi connectivity index (χ3v) is 6.04. The van der Waals surface area contributed by atoms with Gasteiger partial charge in [-0.05, 0) is 73.3 Å². The molecule has 0 bridgehead atoms. The molecule has 1 aliphatic rings. The van der Waals surface area contributed by atoms with E-state index in [2.05, 4.69) is 57.0 Å². The Labute approximate surface area is 185 Å². The van der Waals surface area contributed by atoms with E-state index in [0.717, 1.165) is 51.4 Å². The molecule has 3 rings (SSSR count). The van der Waals surface area contributed by atoms with Gasteiger partial charge in [0.1, 0.15) is 0 Å². The Hall–Kier alpha value is -2.13. The first kappa shape index (κ1) is 21.6. The van der Waals surface area contributed by atoms with Crippen molar-refractivity contribution >= 4 is 51.7 Å². The van der Waals surface area contributed by atoms with E-state index in [4.69, 9.17) is 0 Å². The highest BCUT2D eigenvalue weighted by Crippen LogP contribution is 2.34. The lowest BCUT2D eigenvalue weighted by molar-refractivity contribution is -0.110. The maximum absolute atomic E-state index is 12.7. The van der Waals surface area contributed by atoms with E-state index in [1.807, 2.05) is 38.1 Å². The first-order chi connectivity index (χ1) is 13.8. The molecule has 1 aromatic heterocycles. The molecule has 0 unspecified atom stereocenters. The predicted octanol–water partition coefficient (Wildman–Crippen LogP) is 3.80. The van der Waals surface area contributed by atoms with E-state index in [9.17, 15) is 9.59 Å². The number of H-pyrrole nitrogens is 1. The Morgan fingerprint density at radius 1 is 1.24 bits per heavy atom. The monoisotopic (exact) mass is 506 g/mol. The molecule has 1 aromatic carbocycles. The van der Waals surface area contributed by atoms with Crippen molar-refractivity contribution in [3.05, 3.63) is 49.8 Å². The smallest absolute Gasteiger partial charge is 0.256 e. The summed E-state index contributed by atoms with van der Waals surface area (Å²) in [5, 5.41) is 5.93. The van der Waals surface area contributed by atoms with Crippen molar-refractivity contribution in [3.63, 3.8) is 0 Å². The van der Waals surface area contributed by atoms with E-state index < -0.39 is 0 Å². The summed E-state index contributed by atoms with van der Waals surface area (Å²) >= 11 is 2.23. The van der Waals surface area contributed by atoms with Gasteiger partial charge in [-0.15, -0.1) is 0 Å². The molecule has 0 saturated carbocycles. The van der Waals surface area contributed by atoms with Crippen LogP contribution in [-0.4, -0.2) is 47.9 Å². The summed E-state index contributed by atoms with van der Waals surface area (Å²) in [5.74, 6) is -0.210. The number of carbonyl (C=O) groups excluding carboxylic acids is 2. The molecule has 2 aromatic rings. The van der Waals surface area contributed by atoms with Gasteiger partial charge in [0.15, 0.2) is 0 Å². The van der Waals surface area contributed by atoms with Crippen LogP contribution in [0.5, 0.6) is 0 Å². The van der Waals surface area contributed by atoms with Gasteiger partial charge in [-0.1, -0.05) is 19.9 Å². The van der Waals surface area contributed by atoms with Crippen LogP contribution in [0, 0.1) is 17.4 Å². The second-order valence-electron chi connectivity index (χ2n) is 7.15. The second kappa shape index (κ2) is 9.13. The number of nitrogens with one attached hydrogen (secondary N) is 3. The van der Waals surface area contributed by atoms with Gasteiger partial charge in [-0.2, -0.15) is 0 Å². The number of fused-ring (bicyclic) bond motifs is 1. The minimum atomic E-state index is -0.126. The molecule has 2 amide bonds. The Morgan fingerprint density at radius 2 is 1.97 bits per heavy atom. The lowest BCUT2D eigenvalue weighted by Gasteiger charge is -2.18. The molecule has 3 N–H and O–H groups in total. The number of rotatable bonds is 7. The molecule has 2 heterocycles. The summed E-state index contributed by atoms with van der Waals surface area (Å²) in [5.41, 5.74) is 5.40. The first-order valence-corrected chi connectivity index (χ1v) is 11.0. The van der Waals surface area contributed by atoms with Gasteiger partial charge in [0, 0.05) is 33.6 Å². The highest BCUT2D eigenvalue weighted by molar-refractivity contribution is 14.1. The number of aromatic amines is 1. The van der Waals surface area contributed by atoms with E-state index in [1.165, 1.54) is 0 Å². The Morgan fingerprint density at radius 3 is 2.66 bits per heavy atom. The Kier molecular flexibility index (Phi) is 6.79. The van der Waals surface area contributed by atoms with Crippen LogP contribution in [0.4, 0.5) is 5.69 Å². The maximum atomic E-state index is 12.7. The second-order valence-corrected chi connectivity index (χ2v) is 8.39. The van der Waals surface area contributed by atoms with Gasteiger partial charge in [0.05, 0.1) is 16.8 Å². The minimum Gasteiger partial charge on any atom is -0.358 e. The molecule has 0 spiro atoms. The van der Waals surface area contributed by atoms with Crippen LogP contribution in [0.2, 0.25) is 0 Å². The van der Waals surface area contributed by atoms with Crippen molar-refractivity contribution in [3.8, 4) is 0 Å². The summed E-state index contributed by atoms with van der Waals surface area (Å²) in [6, 6.07) is 5.89. The molecular formula is C22H27IN4O2. The van der Waals surface area contributed by atoms with Crippen molar-refractivity contribution in [1.29, 1.82) is 0 Å². The van der Waals surface area contributed by atoms with Gasteiger partial charge in [-0.3, -0.25) is 9.59 Å². The molecule has 29 heavy (non-hydrogen) atoms. The number of carbonyl (C=O) groups is 2. The van der Waals surface area contributed by atoms with Crippen molar-refractivity contribution in [2.45, 2.75) is 27.7 Å². The highest BCUT2D eigenvalue weighted by atomic mass is 127. The van der Waals surface area contributed by atoms with Gasteiger partial charge in [0.2, 0.25) is 0 Å². The Bertz CT molecular complexity index is 973. The first-order valence-electron chi connectivity index (χ1n) is 9.88. The summed E-state index contributed by atoms with van der Waals surface area (Å²) in [7, 11) is 0. The molecule has 1 aliphatic heterocycles. The molecule has 0 atom stereocenters. The summed E-state index contributed by atoms with van der Waals surface area (Å²) < 4.78 is 1.07. The lowest BCUT2D eigenvalue weighted by atomic mass is 10.0. The zero-order valence-electron chi connectivity index (χ0n) is 17.3. The number of hydrogen-bond acceptors (Lipinski definition) is 3. The average molecular weight is 506 g/mol. The molecule has 154 valence electrons. The highest BCUT2D eigenvalue weighted by Gasteiger charge is 2.25. The lowest BCUT2D eigenvalue weighted by Crippen LogP contribution is -2.35. The van der Waals surface area contributed by atoms with E-state index in [1.54, 1.807) is 0 Å². The van der Waals surface area contributed by atoms with E-state index in [0.29, 0.717) is 17.7 Å². The molecule has 0 radical (unpaired) electrons. The van der Waals surface area contributed by atoms with Gasteiger partial charge in [-0.25, -0.2) is 0 Å². The average Bonchev–Trinajstić information content (AvgIpc) is 3.14. The number of aromatic nitrogens is 1. The quantitative estimate of drug-likeness (QED) is 0.395. The van der Waals surface area contributed by atoms with Gasteiger partial charge >= 0.3 is 0 Å². The topological polar surface area (TPSA) is 77.2 Å². The van der Waals surface area contributed by atoms with E-state index in [-0.39, 0.29) is 11.8 Å². The van der Waals surface area contributed by atoms with Crippen LogP contribution in [-0.2, 0) is 4.79 Å². The third kappa shape index (κ3) is 4.56. The fraction of sp³-hybridized carbons (Fsp3) is 0.364. The Balaban J connectivity index is 1.82. The van der Waals surface area contributed by atoms with Crippen molar-refractivity contribution in [1.82, 2.24) is 15.2 Å². The molecule has 7 heteroatoms. The summed E-state index contributed by atoms with van der Waals surface area (Å²) in [4.78, 5) is 30.8.